The first-order valence-corrected chi connectivity index (χ1v) is 15.6. The van der Waals surface area contributed by atoms with Crippen molar-refractivity contribution in [3.63, 3.8) is 0 Å². The molecule has 0 bridgehead atoms. The molecule has 1 saturated carbocycles. The van der Waals surface area contributed by atoms with E-state index in [1.54, 1.807) is 12.1 Å². The average molecular weight is 606 g/mol. The number of phenols is 1. The molecule has 2 fully saturated rings. The van der Waals surface area contributed by atoms with Crippen molar-refractivity contribution in [2.75, 3.05) is 6.54 Å². The molecule has 44 heavy (non-hydrogen) atoms. The third-order valence-electron chi connectivity index (χ3n) is 10.2. The average Bonchev–Trinajstić information content (AvgIpc) is 3.29. The maximum Gasteiger partial charge on any atom is 0.233 e. The van der Waals surface area contributed by atoms with Crippen LogP contribution in [0.2, 0.25) is 5.02 Å². The molecule has 0 unspecified atom stereocenters. The quantitative estimate of drug-likeness (QED) is 0.273. The Kier molecular flexibility index (Phi) is 6.93. The van der Waals surface area contributed by atoms with Gasteiger partial charge in [0, 0.05) is 34.5 Å². The van der Waals surface area contributed by atoms with E-state index in [-0.39, 0.29) is 35.6 Å². The fraction of sp³-hybridized carbons (Fsp3) is 0.297. The van der Waals surface area contributed by atoms with Gasteiger partial charge in [0.1, 0.15) is 5.75 Å². The zero-order chi connectivity index (χ0) is 30.7. The Morgan fingerprint density at radius 3 is 2.32 bits per heavy atom. The Hall–Kier alpha value is -4.29. The minimum Gasteiger partial charge on any atom is -0.508 e. The van der Waals surface area contributed by atoms with Gasteiger partial charge in [0.15, 0.2) is 11.6 Å². The number of likely N-dealkylation sites (tertiary alicyclic amines) is 1. The number of carbonyl (C=O) groups excluding carboxylic acids is 4. The number of ketones is 2. The maximum absolute atomic E-state index is 14.9. The lowest BCUT2D eigenvalue weighted by molar-refractivity contribution is -0.140. The van der Waals surface area contributed by atoms with Gasteiger partial charge in [-0.25, -0.2) is 0 Å². The van der Waals surface area contributed by atoms with E-state index in [1.165, 1.54) is 17.0 Å². The monoisotopic (exact) mass is 605 g/mol. The summed E-state index contributed by atoms with van der Waals surface area (Å²) in [5.41, 5.74) is 1.49. The van der Waals surface area contributed by atoms with Crippen LogP contribution in [0, 0.1) is 23.7 Å². The molecule has 7 heteroatoms. The van der Waals surface area contributed by atoms with Gasteiger partial charge in [0.05, 0.1) is 17.3 Å². The van der Waals surface area contributed by atoms with E-state index >= 15 is 0 Å². The van der Waals surface area contributed by atoms with Crippen LogP contribution in [0.1, 0.15) is 48.8 Å². The Morgan fingerprint density at radius 1 is 0.909 bits per heavy atom. The first-order chi connectivity index (χ1) is 21.3. The Morgan fingerprint density at radius 2 is 1.61 bits per heavy atom. The largest absolute Gasteiger partial charge is 0.508 e. The van der Waals surface area contributed by atoms with Crippen molar-refractivity contribution in [3.8, 4) is 5.75 Å². The molecule has 0 spiro atoms. The molecule has 2 amide bonds. The number of aromatic hydroxyl groups is 1. The first-order valence-electron chi connectivity index (χ1n) is 15.2. The van der Waals surface area contributed by atoms with Crippen LogP contribution in [0.15, 0.2) is 96.6 Å². The molecule has 7 rings (SSSR count). The zero-order valence-electron chi connectivity index (χ0n) is 24.3. The summed E-state index contributed by atoms with van der Waals surface area (Å²) in [6.07, 6.45) is 4.69. The molecule has 3 aromatic rings. The highest BCUT2D eigenvalue weighted by molar-refractivity contribution is 6.32. The van der Waals surface area contributed by atoms with Gasteiger partial charge in [0.2, 0.25) is 11.8 Å². The second-order valence-electron chi connectivity index (χ2n) is 12.3. The maximum atomic E-state index is 14.9. The molecule has 3 aromatic carbocycles. The van der Waals surface area contributed by atoms with Crippen molar-refractivity contribution in [3.05, 3.63) is 118 Å². The number of phenolic OH excluding ortho intramolecular Hbond substituents is 1. The summed E-state index contributed by atoms with van der Waals surface area (Å²) in [5.74, 6) is -4.12. The molecule has 3 aliphatic carbocycles. The van der Waals surface area contributed by atoms with Crippen molar-refractivity contribution in [1.82, 2.24) is 4.90 Å². The smallest absolute Gasteiger partial charge is 0.233 e. The molecule has 1 heterocycles. The second kappa shape index (κ2) is 10.7. The topological polar surface area (TPSA) is 91.8 Å². The number of Topliss-reactive ketones (excluding diaryl/α,β-unsaturated/α-hetero) is 1. The molecular weight excluding hydrogens is 574 g/mol. The van der Waals surface area contributed by atoms with E-state index in [9.17, 15) is 24.3 Å². The van der Waals surface area contributed by atoms with Crippen LogP contribution in [-0.4, -0.2) is 39.9 Å². The van der Waals surface area contributed by atoms with Crippen LogP contribution in [0.4, 0.5) is 0 Å². The normalized spacial score (nSPS) is 29.5. The number of hydrogen-bond acceptors (Lipinski definition) is 5. The van der Waals surface area contributed by atoms with Crippen LogP contribution >= 0.6 is 11.6 Å². The van der Waals surface area contributed by atoms with Crippen LogP contribution in [0.25, 0.3) is 5.57 Å². The van der Waals surface area contributed by atoms with E-state index < -0.39 is 35.0 Å². The van der Waals surface area contributed by atoms with E-state index in [0.717, 1.165) is 5.57 Å². The fourth-order valence-electron chi connectivity index (χ4n) is 8.48. The summed E-state index contributed by atoms with van der Waals surface area (Å²) in [6.45, 7) is 2.28. The summed E-state index contributed by atoms with van der Waals surface area (Å²) in [4.78, 5) is 58.5. The lowest BCUT2D eigenvalue weighted by Crippen LogP contribution is -2.58. The predicted octanol–water partition coefficient (Wildman–Crippen LogP) is 6.28. The molecule has 6 atom stereocenters. The first kappa shape index (κ1) is 28.5. The molecule has 1 N–H and O–H groups in total. The van der Waals surface area contributed by atoms with Gasteiger partial charge >= 0.3 is 0 Å². The highest BCUT2D eigenvalue weighted by Gasteiger charge is 2.66. The standard InChI is InChI=1S/C37H32ClNO5/c1-2-17-39-35(43)25-15-14-24-27(32(25)36(39)44)19-29-34(42)26(21-9-5-3-6-10-21)20-31(41)37(29,22-11-7-4-8-12-22)33(24)28-18-23(38)13-16-30(28)40/h3-14,16,18,20,25,27,29,32-33,40H,2,15,17,19H2,1H3/t25-,27+,29-,32-,33+,37-/m0/s1. The SMILES string of the molecule is CCCN1C(=O)[C@H]2[C@H](CC=C3[C@H]2C[C@H]2C(=O)C(c4ccccc4)=CC(=O)[C@@]2(c2ccccc2)[C@H]3c2cc(Cl)ccc2O)C1=O. The van der Waals surface area contributed by atoms with Gasteiger partial charge in [-0.3, -0.25) is 24.1 Å². The zero-order valence-corrected chi connectivity index (χ0v) is 25.0. The van der Waals surface area contributed by atoms with E-state index in [2.05, 4.69) is 0 Å². The van der Waals surface area contributed by atoms with Crippen LogP contribution in [0.3, 0.4) is 0 Å². The van der Waals surface area contributed by atoms with Crippen molar-refractivity contribution in [2.24, 2.45) is 23.7 Å². The molecule has 222 valence electrons. The van der Waals surface area contributed by atoms with E-state index in [4.69, 9.17) is 11.6 Å². The number of carbonyl (C=O) groups is 4. The molecule has 0 radical (unpaired) electrons. The van der Waals surface area contributed by atoms with Gasteiger partial charge < -0.3 is 5.11 Å². The minimum absolute atomic E-state index is 0.0448. The highest BCUT2D eigenvalue weighted by Crippen LogP contribution is 2.64. The number of fused-ring (bicyclic) bond motifs is 4. The van der Waals surface area contributed by atoms with Gasteiger partial charge in [-0.05, 0) is 60.6 Å². The molecule has 4 aliphatic rings. The number of halogens is 1. The van der Waals surface area contributed by atoms with E-state index in [0.29, 0.717) is 46.7 Å². The third kappa shape index (κ3) is 4.00. The van der Waals surface area contributed by atoms with Gasteiger partial charge in [-0.2, -0.15) is 0 Å². The Bertz CT molecular complexity index is 1760. The number of imide groups is 1. The minimum atomic E-state index is -1.40. The lowest BCUT2D eigenvalue weighted by Gasteiger charge is -2.55. The highest BCUT2D eigenvalue weighted by atomic mass is 35.5. The number of benzene rings is 3. The molecular formula is C37H32ClNO5. The third-order valence-corrected chi connectivity index (χ3v) is 10.4. The van der Waals surface area contributed by atoms with Crippen LogP contribution in [-0.2, 0) is 24.6 Å². The van der Waals surface area contributed by atoms with Crippen molar-refractivity contribution < 1.29 is 24.3 Å². The Labute approximate surface area is 261 Å². The molecule has 0 aromatic heterocycles. The van der Waals surface area contributed by atoms with Crippen LogP contribution in [0.5, 0.6) is 5.75 Å². The summed E-state index contributed by atoms with van der Waals surface area (Å²) in [5, 5.41) is 11.8. The molecule has 1 aliphatic heterocycles. The number of allylic oxidation sites excluding steroid dienone is 4. The summed E-state index contributed by atoms with van der Waals surface area (Å²) in [7, 11) is 0. The van der Waals surface area contributed by atoms with Crippen LogP contribution < -0.4 is 0 Å². The number of rotatable bonds is 5. The van der Waals surface area contributed by atoms with Gasteiger partial charge in [-0.15, -0.1) is 0 Å². The van der Waals surface area contributed by atoms with Gasteiger partial charge in [0.25, 0.3) is 0 Å². The summed E-state index contributed by atoms with van der Waals surface area (Å²) < 4.78 is 0. The summed E-state index contributed by atoms with van der Waals surface area (Å²) in [6, 6.07) is 23.2. The van der Waals surface area contributed by atoms with E-state index in [1.807, 2.05) is 73.7 Å². The molecule has 1 saturated heterocycles. The van der Waals surface area contributed by atoms with Crippen molar-refractivity contribution in [2.45, 2.75) is 37.5 Å². The number of nitrogens with zero attached hydrogens (tertiary/aromatic N) is 1. The van der Waals surface area contributed by atoms with Gasteiger partial charge in [-0.1, -0.05) is 90.8 Å². The number of amides is 2. The summed E-state index contributed by atoms with van der Waals surface area (Å²) >= 11 is 6.53. The second-order valence-corrected chi connectivity index (χ2v) is 12.8. The van der Waals surface area contributed by atoms with Crippen molar-refractivity contribution >= 4 is 40.6 Å². The fourth-order valence-corrected chi connectivity index (χ4v) is 8.67. The number of hydrogen-bond donors (Lipinski definition) is 1. The Balaban J connectivity index is 1.51. The van der Waals surface area contributed by atoms with Crippen molar-refractivity contribution in [1.29, 1.82) is 0 Å². The predicted molar refractivity (Wildman–Crippen MR) is 167 cm³/mol. The molecule has 6 nitrogen and oxygen atoms in total. The lowest BCUT2D eigenvalue weighted by atomic mass is 9.44.